The largest absolute Gasteiger partial charge is 0.350 e. The molecule has 0 amide bonds. The fraction of sp³-hybridized carbons (Fsp3) is 0.125. The Bertz CT molecular complexity index is 1020. The number of hydrogen-bond donors (Lipinski definition) is 4. The van der Waals surface area contributed by atoms with Gasteiger partial charge in [-0.25, -0.2) is 0 Å². The first kappa shape index (κ1) is 15.4. The molecule has 0 fully saturated rings. The van der Waals surface area contributed by atoms with E-state index in [2.05, 4.69) is 41.0 Å². The predicted molar refractivity (Wildman–Crippen MR) is 97.1 cm³/mol. The number of nitrogens with zero attached hydrogens (tertiary/aromatic N) is 4. The van der Waals surface area contributed by atoms with Crippen LogP contribution >= 0.6 is 11.6 Å². The summed E-state index contributed by atoms with van der Waals surface area (Å²) >= 11 is 6.19. The van der Waals surface area contributed by atoms with Gasteiger partial charge in [-0.1, -0.05) is 29.8 Å². The van der Waals surface area contributed by atoms with Gasteiger partial charge in [0, 0.05) is 23.3 Å². The normalized spacial score (nSPS) is 11.0. The van der Waals surface area contributed by atoms with Crippen LogP contribution in [0.4, 0.5) is 17.6 Å². The van der Waals surface area contributed by atoms with E-state index in [1.165, 1.54) is 0 Å². The second-order valence-corrected chi connectivity index (χ2v) is 5.94. The molecule has 8 nitrogen and oxygen atoms in total. The van der Waals surface area contributed by atoms with Crippen molar-refractivity contribution in [1.29, 1.82) is 0 Å². The van der Waals surface area contributed by atoms with Gasteiger partial charge in [-0.2, -0.15) is 20.2 Å². The Morgan fingerprint density at radius 2 is 2.04 bits per heavy atom. The molecule has 4 aromatic rings. The smallest absolute Gasteiger partial charge is 0.226 e. The number of fused-ring (bicyclic) bond motifs is 1. The molecule has 9 heteroatoms. The molecule has 126 valence electrons. The Morgan fingerprint density at radius 3 is 2.84 bits per heavy atom. The van der Waals surface area contributed by atoms with Crippen molar-refractivity contribution >= 4 is 40.2 Å². The fourth-order valence-corrected chi connectivity index (χ4v) is 2.63. The lowest BCUT2D eigenvalue weighted by Crippen LogP contribution is -2.06. The maximum Gasteiger partial charge on any atom is 0.226 e. The van der Waals surface area contributed by atoms with E-state index in [-0.39, 0.29) is 0 Å². The van der Waals surface area contributed by atoms with Crippen molar-refractivity contribution in [2.24, 2.45) is 0 Å². The standard InChI is InChI=1S/C16H15ClN8/c1-9-6-13(24-23-9)20-14-11-8-19-25-15(11)22-16(21-14)18-7-10-4-2-3-5-12(10)17/h2-6,8H,7H2,1H3,(H4,18,19,20,21,22,23,24,25). The van der Waals surface area contributed by atoms with E-state index in [0.29, 0.717) is 34.8 Å². The molecule has 0 unspecified atom stereocenters. The van der Waals surface area contributed by atoms with Gasteiger partial charge in [0.2, 0.25) is 5.95 Å². The van der Waals surface area contributed by atoms with E-state index in [4.69, 9.17) is 11.6 Å². The number of benzene rings is 1. The zero-order chi connectivity index (χ0) is 17.2. The summed E-state index contributed by atoms with van der Waals surface area (Å²) in [4.78, 5) is 8.97. The minimum Gasteiger partial charge on any atom is -0.350 e. The summed E-state index contributed by atoms with van der Waals surface area (Å²) in [5, 5.41) is 21.8. The molecule has 0 atom stereocenters. The van der Waals surface area contributed by atoms with Gasteiger partial charge in [0.25, 0.3) is 0 Å². The monoisotopic (exact) mass is 354 g/mol. The maximum atomic E-state index is 6.19. The minimum absolute atomic E-state index is 0.464. The van der Waals surface area contributed by atoms with Crippen molar-refractivity contribution < 1.29 is 0 Å². The van der Waals surface area contributed by atoms with Crippen molar-refractivity contribution in [3.05, 3.63) is 52.8 Å². The van der Waals surface area contributed by atoms with Crippen LogP contribution in [0.5, 0.6) is 0 Å². The highest BCUT2D eigenvalue weighted by atomic mass is 35.5. The van der Waals surface area contributed by atoms with Gasteiger partial charge in [0.05, 0.1) is 11.6 Å². The molecule has 0 bridgehead atoms. The average Bonchev–Trinajstić information content (AvgIpc) is 3.23. The second kappa shape index (κ2) is 6.40. The summed E-state index contributed by atoms with van der Waals surface area (Å²) in [7, 11) is 0. The van der Waals surface area contributed by atoms with Crippen LogP contribution in [0.3, 0.4) is 0 Å². The summed E-state index contributed by atoms with van der Waals surface area (Å²) in [6.45, 7) is 2.45. The van der Waals surface area contributed by atoms with E-state index in [1.54, 1.807) is 6.20 Å². The summed E-state index contributed by atoms with van der Waals surface area (Å²) in [5.74, 6) is 1.76. The third-order valence-electron chi connectivity index (χ3n) is 3.66. The first-order chi connectivity index (χ1) is 12.2. The van der Waals surface area contributed by atoms with E-state index < -0.39 is 0 Å². The van der Waals surface area contributed by atoms with Crippen LogP contribution in [0.2, 0.25) is 5.02 Å². The third kappa shape index (κ3) is 3.24. The molecule has 0 radical (unpaired) electrons. The molecule has 0 aliphatic rings. The second-order valence-electron chi connectivity index (χ2n) is 5.53. The number of anilines is 3. The first-order valence-electron chi connectivity index (χ1n) is 7.66. The lowest BCUT2D eigenvalue weighted by atomic mass is 10.2. The lowest BCUT2D eigenvalue weighted by molar-refractivity contribution is 1.04. The van der Waals surface area contributed by atoms with Crippen LogP contribution in [0, 0.1) is 6.92 Å². The SMILES string of the molecule is Cc1cc(Nc2nc(NCc3ccccc3Cl)nc3[nH]ncc23)n[nH]1. The van der Waals surface area contributed by atoms with Gasteiger partial charge in [-0.05, 0) is 18.6 Å². The number of H-pyrrole nitrogens is 2. The molecule has 3 aromatic heterocycles. The van der Waals surface area contributed by atoms with Gasteiger partial charge in [-0.3, -0.25) is 10.2 Å². The van der Waals surface area contributed by atoms with Crippen molar-refractivity contribution in [3.63, 3.8) is 0 Å². The van der Waals surface area contributed by atoms with Crippen molar-refractivity contribution in [1.82, 2.24) is 30.4 Å². The van der Waals surface area contributed by atoms with Crippen molar-refractivity contribution in [3.8, 4) is 0 Å². The van der Waals surface area contributed by atoms with Crippen molar-refractivity contribution in [2.45, 2.75) is 13.5 Å². The molecule has 25 heavy (non-hydrogen) atoms. The molecule has 4 rings (SSSR count). The van der Waals surface area contributed by atoms with Gasteiger partial charge in [-0.15, -0.1) is 0 Å². The zero-order valence-corrected chi connectivity index (χ0v) is 14.1. The number of nitrogens with one attached hydrogen (secondary N) is 4. The van der Waals surface area contributed by atoms with Crippen LogP contribution in [-0.4, -0.2) is 30.4 Å². The quantitative estimate of drug-likeness (QED) is 0.437. The Morgan fingerprint density at radius 1 is 1.16 bits per heavy atom. The highest BCUT2D eigenvalue weighted by molar-refractivity contribution is 6.31. The number of aromatic amines is 2. The van der Waals surface area contributed by atoms with E-state index >= 15 is 0 Å². The lowest BCUT2D eigenvalue weighted by Gasteiger charge is -2.09. The molecular formula is C16H15ClN8. The molecule has 1 aromatic carbocycles. The number of aryl methyl sites for hydroxylation is 1. The molecule has 3 heterocycles. The van der Waals surface area contributed by atoms with Crippen LogP contribution in [0.15, 0.2) is 36.5 Å². The van der Waals surface area contributed by atoms with Crippen LogP contribution in [-0.2, 0) is 6.54 Å². The molecule has 4 N–H and O–H groups in total. The molecular weight excluding hydrogens is 340 g/mol. The summed E-state index contributed by atoms with van der Waals surface area (Å²) in [6.07, 6.45) is 1.68. The van der Waals surface area contributed by atoms with E-state index in [1.807, 2.05) is 37.3 Å². The zero-order valence-electron chi connectivity index (χ0n) is 13.3. The van der Waals surface area contributed by atoms with Crippen LogP contribution in [0.25, 0.3) is 11.0 Å². The molecule has 0 saturated carbocycles. The summed E-state index contributed by atoms with van der Waals surface area (Å²) < 4.78 is 0. The third-order valence-corrected chi connectivity index (χ3v) is 4.03. The molecule has 0 saturated heterocycles. The van der Waals surface area contributed by atoms with Gasteiger partial charge < -0.3 is 10.6 Å². The number of rotatable bonds is 5. The Kier molecular flexibility index (Phi) is 3.95. The average molecular weight is 355 g/mol. The minimum atomic E-state index is 0.464. The van der Waals surface area contributed by atoms with Crippen LogP contribution < -0.4 is 10.6 Å². The summed E-state index contributed by atoms with van der Waals surface area (Å²) in [6, 6.07) is 9.53. The Hall–Kier alpha value is -3.13. The molecule has 0 aliphatic carbocycles. The van der Waals surface area contributed by atoms with Gasteiger partial charge in [0.15, 0.2) is 11.5 Å². The predicted octanol–water partition coefficient (Wildman–Crippen LogP) is 3.39. The van der Waals surface area contributed by atoms with E-state index in [9.17, 15) is 0 Å². The highest BCUT2D eigenvalue weighted by Gasteiger charge is 2.11. The van der Waals surface area contributed by atoms with E-state index in [0.717, 1.165) is 16.6 Å². The number of aromatic nitrogens is 6. The summed E-state index contributed by atoms with van der Waals surface area (Å²) in [5.41, 5.74) is 2.55. The fourth-order valence-electron chi connectivity index (χ4n) is 2.43. The Labute approximate surface area is 148 Å². The van der Waals surface area contributed by atoms with Gasteiger partial charge in [0.1, 0.15) is 5.82 Å². The van der Waals surface area contributed by atoms with Gasteiger partial charge >= 0.3 is 0 Å². The number of halogens is 1. The molecule has 0 spiro atoms. The maximum absolute atomic E-state index is 6.19. The van der Waals surface area contributed by atoms with Crippen molar-refractivity contribution in [2.75, 3.05) is 10.6 Å². The van der Waals surface area contributed by atoms with Crippen LogP contribution in [0.1, 0.15) is 11.3 Å². The number of hydrogen-bond acceptors (Lipinski definition) is 6. The first-order valence-corrected chi connectivity index (χ1v) is 8.04. The highest BCUT2D eigenvalue weighted by Crippen LogP contribution is 2.24. The topological polar surface area (TPSA) is 107 Å². The molecule has 0 aliphatic heterocycles. The Balaban J connectivity index is 1.62.